The molecule has 1 aliphatic heterocycles. The summed E-state index contributed by atoms with van der Waals surface area (Å²) < 4.78 is 73.5. The van der Waals surface area contributed by atoms with Gasteiger partial charge in [0.05, 0.1) is 10.8 Å². The average molecular weight is 457 g/mol. The summed E-state index contributed by atoms with van der Waals surface area (Å²) in [6.45, 7) is 3.78. The zero-order valence-corrected chi connectivity index (χ0v) is 17.8. The molecule has 10 heteroatoms. The van der Waals surface area contributed by atoms with E-state index in [0.717, 1.165) is 27.6 Å². The summed E-state index contributed by atoms with van der Waals surface area (Å²) >= 11 is 0. The van der Waals surface area contributed by atoms with Crippen molar-refractivity contribution in [3.63, 3.8) is 0 Å². The number of halogens is 3. The molecule has 2 aromatic rings. The van der Waals surface area contributed by atoms with Crippen molar-refractivity contribution < 1.29 is 35.9 Å². The van der Waals surface area contributed by atoms with Gasteiger partial charge in [-0.15, -0.1) is 13.2 Å². The highest BCUT2D eigenvalue weighted by Gasteiger charge is 2.35. The molecule has 0 aliphatic carbocycles. The molecule has 0 radical (unpaired) electrons. The Balaban J connectivity index is 1.66. The lowest BCUT2D eigenvalue weighted by Crippen LogP contribution is -2.41. The molecule has 31 heavy (non-hydrogen) atoms. The van der Waals surface area contributed by atoms with E-state index < -0.39 is 34.0 Å². The third kappa shape index (κ3) is 5.56. The molecule has 0 N–H and O–H groups in total. The van der Waals surface area contributed by atoms with Crippen molar-refractivity contribution in [1.82, 2.24) is 4.31 Å². The zero-order valence-electron chi connectivity index (χ0n) is 17.0. The molecule has 0 atom stereocenters. The van der Waals surface area contributed by atoms with Crippen LogP contribution in [0.5, 0.6) is 11.5 Å². The third-order valence-electron chi connectivity index (χ3n) is 5.08. The molecule has 0 bridgehead atoms. The Labute approximate surface area is 178 Å². The average Bonchev–Trinajstić information content (AvgIpc) is 2.70. The van der Waals surface area contributed by atoms with E-state index in [1.54, 1.807) is 0 Å². The Morgan fingerprint density at radius 1 is 1.03 bits per heavy atom. The van der Waals surface area contributed by atoms with Crippen LogP contribution < -0.4 is 9.47 Å². The van der Waals surface area contributed by atoms with Crippen LogP contribution in [0.4, 0.5) is 13.2 Å². The second-order valence-corrected chi connectivity index (χ2v) is 9.28. The van der Waals surface area contributed by atoms with E-state index in [2.05, 4.69) is 4.74 Å². The summed E-state index contributed by atoms with van der Waals surface area (Å²) in [7, 11) is -4.03. The molecule has 6 nitrogen and oxygen atoms in total. The molecule has 0 saturated carbocycles. The maximum Gasteiger partial charge on any atom is 0.573 e. The van der Waals surface area contributed by atoms with Crippen LogP contribution in [-0.4, -0.2) is 38.1 Å². The van der Waals surface area contributed by atoms with Gasteiger partial charge in [-0.3, -0.25) is 4.79 Å². The van der Waals surface area contributed by atoms with Crippen molar-refractivity contribution in [1.29, 1.82) is 0 Å². The number of benzene rings is 2. The third-order valence-corrected chi connectivity index (χ3v) is 6.97. The number of aryl methyl sites for hydroxylation is 2. The molecule has 0 spiro atoms. The van der Waals surface area contributed by atoms with Gasteiger partial charge in [-0.25, -0.2) is 8.42 Å². The molecule has 3 rings (SSSR count). The molecule has 1 saturated heterocycles. The van der Waals surface area contributed by atoms with E-state index in [-0.39, 0.29) is 30.8 Å². The minimum absolute atomic E-state index is 0.0548. The van der Waals surface area contributed by atoms with E-state index in [0.29, 0.717) is 5.75 Å². The van der Waals surface area contributed by atoms with Crippen LogP contribution in [0.3, 0.4) is 0 Å². The van der Waals surface area contributed by atoms with Crippen LogP contribution in [0.1, 0.15) is 24.0 Å². The first-order valence-corrected chi connectivity index (χ1v) is 11.1. The second kappa shape index (κ2) is 8.88. The minimum atomic E-state index is -4.92. The Bertz CT molecular complexity index is 1040. The highest BCUT2D eigenvalue weighted by Crippen LogP contribution is 2.30. The first-order valence-electron chi connectivity index (χ1n) is 9.61. The zero-order chi connectivity index (χ0) is 22.8. The topological polar surface area (TPSA) is 72.9 Å². The number of piperidine rings is 1. The number of carbonyl (C=O) groups excluding carboxylic acids is 1. The summed E-state index contributed by atoms with van der Waals surface area (Å²) in [5.74, 6) is -0.995. The number of alkyl halides is 3. The quantitative estimate of drug-likeness (QED) is 0.497. The fourth-order valence-corrected chi connectivity index (χ4v) is 4.96. The number of para-hydroxylation sites is 1. The maximum atomic E-state index is 12.8. The van der Waals surface area contributed by atoms with Gasteiger partial charge in [0.25, 0.3) is 0 Å². The molecular weight excluding hydrogens is 435 g/mol. The molecule has 0 unspecified atom stereocenters. The van der Waals surface area contributed by atoms with Crippen molar-refractivity contribution >= 4 is 16.0 Å². The van der Waals surface area contributed by atoms with Gasteiger partial charge in [-0.05, 0) is 49.9 Å². The molecular formula is C21H22F3NO5S. The van der Waals surface area contributed by atoms with Crippen molar-refractivity contribution in [2.24, 2.45) is 5.92 Å². The molecule has 1 aliphatic rings. The van der Waals surface area contributed by atoms with Gasteiger partial charge in [-0.1, -0.05) is 24.3 Å². The smallest absolute Gasteiger partial charge is 0.426 e. The Morgan fingerprint density at radius 3 is 2.19 bits per heavy atom. The number of nitrogens with zero attached hydrogens (tertiary/aromatic N) is 1. The lowest BCUT2D eigenvalue weighted by molar-refractivity contribution is -0.274. The Kier molecular flexibility index (Phi) is 6.61. The van der Waals surface area contributed by atoms with Gasteiger partial charge < -0.3 is 9.47 Å². The molecule has 168 valence electrons. The number of hydrogen-bond donors (Lipinski definition) is 0. The van der Waals surface area contributed by atoms with Gasteiger partial charge >= 0.3 is 12.3 Å². The summed E-state index contributed by atoms with van der Waals surface area (Å²) in [4.78, 5) is 12.3. The van der Waals surface area contributed by atoms with Gasteiger partial charge in [0.2, 0.25) is 10.0 Å². The first kappa shape index (κ1) is 23.1. The lowest BCUT2D eigenvalue weighted by atomic mass is 9.98. The highest BCUT2D eigenvalue weighted by atomic mass is 32.2. The van der Waals surface area contributed by atoms with Gasteiger partial charge in [-0.2, -0.15) is 4.31 Å². The van der Waals surface area contributed by atoms with E-state index in [9.17, 15) is 26.4 Å². The van der Waals surface area contributed by atoms with Gasteiger partial charge in [0.1, 0.15) is 11.5 Å². The van der Waals surface area contributed by atoms with E-state index >= 15 is 0 Å². The van der Waals surface area contributed by atoms with E-state index in [4.69, 9.17) is 4.74 Å². The van der Waals surface area contributed by atoms with Crippen molar-refractivity contribution in [2.75, 3.05) is 13.1 Å². The Morgan fingerprint density at radius 2 is 1.61 bits per heavy atom. The fraction of sp³-hybridized carbons (Fsp3) is 0.381. The van der Waals surface area contributed by atoms with Crippen LogP contribution in [0.2, 0.25) is 0 Å². The van der Waals surface area contributed by atoms with Crippen molar-refractivity contribution in [3.8, 4) is 11.5 Å². The summed E-state index contributed by atoms with van der Waals surface area (Å²) in [6.07, 6.45) is -4.42. The van der Waals surface area contributed by atoms with Gasteiger partial charge in [0, 0.05) is 19.2 Å². The lowest BCUT2D eigenvalue weighted by Gasteiger charge is -2.30. The number of ether oxygens (including phenoxy) is 2. The molecule has 0 aromatic heterocycles. The molecule has 0 amide bonds. The molecule has 2 aromatic carbocycles. The molecule has 1 heterocycles. The predicted octanol–water partition coefficient (Wildman–Crippen LogP) is 4.21. The minimum Gasteiger partial charge on any atom is -0.426 e. The van der Waals surface area contributed by atoms with Crippen LogP contribution in [0, 0.1) is 19.8 Å². The van der Waals surface area contributed by atoms with Crippen LogP contribution in [0.15, 0.2) is 47.4 Å². The summed E-state index contributed by atoms with van der Waals surface area (Å²) in [5.41, 5.74) is 1.66. The standard InChI is InChI=1S/C21H22F3NO5S/c1-14-5-3-6-15(2)19(14)29-20(26)16-9-11-25(12-10-16)31(27,28)18-8-4-7-17(13-18)30-21(22,23)24/h3-8,13,16H,9-12H2,1-2H3. The van der Waals surface area contributed by atoms with Crippen LogP contribution in [0.25, 0.3) is 0 Å². The fourth-order valence-electron chi connectivity index (χ4n) is 3.46. The number of sulfonamides is 1. The monoisotopic (exact) mass is 457 g/mol. The predicted molar refractivity (Wildman–Crippen MR) is 106 cm³/mol. The summed E-state index contributed by atoms with van der Waals surface area (Å²) in [6, 6.07) is 9.79. The highest BCUT2D eigenvalue weighted by molar-refractivity contribution is 7.89. The van der Waals surface area contributed by atoms with Crippen LogP contribution in [-0.2, 0) is 14.8 Å². The number of hydrogen-bond acceptors (Lipinski definition) is 5. The van der Waals surface area contributed by atoms with Crippen LogP contribution >= 0.6 is 0 Å². The van der Waals surface area contributed by atoms with Crippen molar-refractivity contribution in [3.05, 3.63) is 53.6 Å². The largest absolute Gasteiger partial charge is 0.573 e. The number of rotatable bonds is 5. The normalized spacial score (nSPS) is 16.2. The Hall–Kier alpha value is -2.59. The number of carbonyl (C=O) groups is 1. The SMILES string of the molecule is Cc1cccc(C)c1OC(=O)C1CCN(S(=O)(=O)c2cccc(OC(F)(F)F)c2)CC1. The second-order valence-electron chi connectivity index (χ2n) is 7.34. The first-order chi connectivity index (χ1) is 14.5. The van der Waals surface area contributed by atoms with E-state index in [1.165, 1.54) is 12.1 Å². The maximum absolute atomic E-state index is 12.8. The van der Waals surface area contributed by atoms with Gasteiger partial charge in [0.15, 0.2) is 0 Å². The van der Waals surface area contributed by atoms with E-state index in [1.807, 2.05) is 32.0 Å². The number of esters is 1. The molecule has 1 fully saturated rings. The summed E-state index contributed by atoms with van der Waals surface area (Å²) in [5, 5.41) is 0. The van der Waals surface area contributed by atoms with Crippen molar-refractivity contribution in [2.45, 2.75) is 37.9 Å².